The number of aromatic nitrogens is 5. The summed E-state index contributed by atoms with van der Waals surface area (Å²) < 4.78 is 83.8. The summed E-state index contributed by atoms with van der Waals surface area (Å²) in [5, 5.41) is 10.6. The number of anilines is 2. The highest BCUT2D eigenvalue weighted by Crippen LogP contribution is 2.32. The summed E-state index contributed by atoms with van der Waals surface area (Å²) in [6.07, 6.45) is -5.39. The van der Waals surface area contributed by atoms with Crippen molar-refractivity contribution in [1.82, 2.24) is 24.9 Å². The molecule has 44 heavy (non-hydrogen) atoms. The first kappa shape index (κ1) is 30.8. The van der Waals surface area contributed by atoms with Crippen LogP contribution < -0.4 is 20.5 Å². The average molecular weight is 622 g/mol. The fourth-order valence-electron chi connectivity index (χ4n) is 4.55. The molecule has 11 nitrogen and oxygen atoms in total. The van der Waals surface area contributed by atoms with Gasteiger partial charge in [-0.2, -0.15) is 23.3 Å². The topological polar surface area (TPSA) is 120 Å². The van der Waals surface area contributed by atoms with Crippen LogP contribution in [-0.4, -0.2) is 57.8 Å². The molecule has 1 aromatic carbocycles. The second-order valence-corrected chi connectivity index (χ2v) is 10.2. The first-order valence-electron chi connectivity index (χ1n) is 13.5. The predicted octanol–water partition coefficient (Wildman–Crippen LogP) is 4.66. The molecule has 0 saturated carbocycles. The van der Waals surface area contributed by atoms with E-state index in [-0.39, 0.29) is 37.1 Å². The second-order valence-electron chi connectivity index (χ2n) is 10.2. The number of alkyl halides is 5. The van der Waals surface area contributed by atoms with E-state index in [1.54, 1.807) is 31.2 Å². The maximum Gasteiger partial charge on any atom is 0.423 e. The van der Waals surface area contributed by atoms with Crippen LogP contribution in [0.5, 0.6) is 5.75 Å². The standard InChI is InChI=1S/C28H28F5N7O4/c1-16(36-21-10-35-40(27(41)24(21)28(31,32)33)11-17-3-6-20(42-2)7-4-17)14-43-15-23-37-26(38-44-23)19-12-39(13-19)22-8-5-18(9-34-22)25(29)30/h3-10,16,19,25,36H,11-15H2,1-2H3. The van der Waals surface area contributed by atoms with Gasteiger partial charge in [-0.1, -0.05) is 17.3 Å². The van der Waals surface area contributed by atoms with Crippen molar-refractivity contribution in [2.45, 2.75) is 44.6 Å². The Morgan fingerprint density at radius 2 is 1.86 bits per heavy atom. The van der Waals surface area contributed by atoms with E-state index in [2.05, 4.69) is 25.5 Å². The Morgan fingerprint density at radius 3 is 2.50 bits per heavy atom. The van der Waals surface area contributed by atoms with Crippen LogP contribution in [0.2, 0.25) is 0 Å². The number of halogens is 5. The first-order valence-corrected chi connectivity index (χ1v) is 13.5. The Kier molecular flexibility index (Phi) is 9.08. The minimum absolute atomic E-state index is 0.0402. The zero-order valence-electron chi connectivity index (χ0n) is 23.6. The molecule has 5 rings (SSSR count). The van der Waals surface area contributed by atoms with Crippen molar-refractivity contribution >= 4 is 11.5 Å². The number of nitrogens with zero attached hydrogens (tertiary/aromatic N) is 6. The normalized spacial score (nSPS) is 14.5. The summed E-state index contributed by atoms with van der Waals surface area (Å²) in [6.45, 7) is 2.36. The highest BCUT2D eigenvalue weighted by Gasteiger charge is 2.38. The second kappa shape index (κ2) is 13.0. The summed E-state index contributed by atoms with van der Waals surface area (Å²) >= 11 is 0. The van der Waals surface area contributed by atoms with Gasteiger partial charge in [0.1, 0.15) is 23.7 Å². The fourth-order valence-corrected chi connectivity index (χ4v) is 4.55. The van der Waals surface area contributed by atoms with Crippen LogP contribution in [0.15, 0.2) is 58.1 Å². The van der Waals surface area contributed by atoms with Crippen LogP contribution in [0.3, 0.4) is 0 Å². The van der Waals surface area contributed by atoms with Crippen molar-refractivity contribution in [3.8, 4) is 5.75 Å². The van der Waals surface area contributed by atoms with Gasteiger partial charge < -0.3 is 24.2 Å². The number of rotatable bonds is 12. The molecule has 0 aliphatic carbocycles. The molecular weight excluding hydrogens is 593 g/mol. The van der Waals surface area contributed by atoms with Gasteiger partial charge in [0.15, 0.2) is 5.82 Å². The molecule has 1 fully saturated rings. The zero-order valence-corrected chi connectivity index (χ0v) is 23.6. The lowest BCUT2D eigenvalue weighted by molar-refractivity contribution is -0.138. The molecule has 1 atom stereocenters. The molecule has 1 saturated heterocycles. The van der Waals surface area contributed by atoms with Gasteiger partial charge in [0, 0.05) is 30.9 Å². The number of methoxy groups -OCH3 is 1. The molecule has 4 aromatic rings. The first-order chi connectivity index (χ1) is 21.0. The minimum atomic E-state index is -4.92. The summed E-state index contributed by atoms with van der Waals surface area (Å²) in [4.78, 5) is 23.1. The Hall–Kier alpha value is -4.60. The van der Waals surface area contributed by atoms with Crippen molar-refractivity contribution in [3.63, 3.8) is 0 Å². The molecule has 16 heteroatoms. The van der Waals surface area contributed by atoms with E-state index >= 15 is 0 Å². The minimum Gasteiger partial charge on any atom is -0.497 e. The van der Waals surface area contributed by atoms with Gasteiger partial charge in [-0.25, -0.2) is 18.4 Å². The summed E-state index contributed by atoms with van der Waals surface area (Å²) in [7, 11) is 1.49. The summed E-state index contributed by atoms with van der Waals surface area (Å²) in [6, 6.07) is 8.77. The number of benzene rings is 1. The Morgan fingerprint density at radius 1 is 1.11 bits per heavy atom. The molecule has 0 spiro atoms. The number of hydrogen-bond donors (Lipinski definition) is 1. The zero-order chi connectivity index (χ0) is 31.4. The lowest BCUT2D eigenvalue weighted by Crippen LogP contribution is -2.46. The Bertz CT molecular complexity index is 1600. The lowest BCUT2D eigenvalue weighted by Gasteiger charge is -2.38. The molecule has 0 amide bonds. The number of hydrogen-bond acceptors (Lipinski definition) is 10. The summed E-state index contributed by atoms with van der Waals surface area (Å²) in [5.41, 5.74) is -2.67. The molecule has 1 N–H and O–H groups in total. The van der Waals surface area contributed by atoms with Crippen LogP contribution in [0, 0.1) is 0 Å². The van der Waals surface area contributed by atoms with Crippen molar-refractivity contribution < 1.29 is 35.9 Å². The van der Waals surface area contributed by atoms with Crippen molar-refractivity contribution in [2.24, 2.45) is 0 Å². The molecular formula is C28H28F5N7O4. The molecule has 1 unspecified atom stereocenters. The van der Waals surface area contributed by atoms with Gasteiger partial charge in [-0.05, 0) is 36.8 Å². The SMILES string of the molecule is COc1ccc(Cn2ncc(NC(C)COCc3nc(C4CN(c5ccc(C(F)F)cn5)C4)no3)c(C(F)(F)F)c2=O)cc1. The summed E-state index contributed by atoms with van der Waals surface area (Å²) in [5.74, 6) is 1.72. The van der Waals surface area contributed by atoms with Gasteiger partial charge in [-0.3, -0.25) is 4.79 Å². The van der Waals surface area contributed by atoms with Crippen LogP contribution >= 0.6 is 0 Å². The number of ether oxygens (including phenoxy) is 2. The quantitative estimate of drug-likeness (QED) is 0.224. The van der Waals surface area contributed by atoms with Gasteiger partial charge in [-0.15, -0.1) is 0 Å². The van der Waals surface area contributed by atoms with Crippen LogP contribution in [-0.2, 0) is 24.1 Å². The van der Waals surface area contributed by atoms with E-state index in [9.17, 15) is 26.7 Å². The fraction of sp³-hybridized carbons (Fsp3) is 0.393. The largest absolute Gasteiger partial charge is 0.497 e. The monoisotopic (exact) mass is 621 g/mol. The van der Waals surface area contributed by atoms with E-state index in [0.717, 1.165) is 17.1 Å². The maximum atomic E-state index is 13.9. The molecule has 234 valence electrons. The predicted molar refractivity (Wildman–Crippen MR) is 147 cm³/mol. The molecule has 1 aliphatic heterocycles. The highest BCUT2D eigenvalue weighted by atomic mass is 19.4. The third-order valence-electron chi connectivity index (χ3n) is 6.89. The van der Waals surface area contributed by atoms with Crippen LogP contribution in [0.25, 0.3) is 0 Å². The van der Waals surface area contributed by atoms with E-state index in [1.165, 1.54) is 19.2 Å². The van der Waals surface area contributed by atoms with Gasteiger partial charge >= 0.3 is 6.18 Å². The van der Waals surface area contributed by atoms with Crippen LogP contribution in [0.4, 0.5) is 33.5 Å². The average Bonchev–Trinajstić information content (AvgIpc) is 3.42. The van der Waals surface area contributed by atoms with E-state index in [4.69, 9.17) is 14.0 Å². The Labute approximate surface area is 247 Å². The molecule has 0 bridgehead atoms. The highest BCUT2D eigenvalue weighted by molar-refractivity contribution is 5.50. The van der Waals surface area contributed by atoms with Crippen molar-refractivity contribution in [1.29, 1.82) is 0 Å². The maximum absolute atomic E-state index is 13.9. The third kappa shape index (κ3) is 7.12. The van der Waals surface area contributed by atoms with E-state index in [0.29, 0.717) is 36.0 Å². The molecule has 4 heterocycles. The third-order valence-corrected chi connectivity index (χ3v) is 6.89. The smallest absolute Gasteiger partial charge is 0.423 e. The number of pyridine rings is 1. The Balaban J connectivity index is 1.13. The van der Waals surface area contributed by atoms with Crippen LogP contribution in [0.1, 0.15) is 47.7 Å². The van der Waals surface area contributed by atoms with Gasteiger partial charge in [0.25, 0.3) is 17.9 Å². The van der Waals surface area contributed by atoms with Gasteiger partial charge in [0.2, 0.25) is 0 Å². The van der Waals surface area contributed by atoms with Crippen molar-refractivity contribution in [2.75, 3.05) is 37.0 Å². The van der Waals surface area contributed by atoms with Gasteiger partial charge in [0.05, 0.1) is 38.1 Å². The number of nitrogens with one attached hydrogen (secondary N) is 1. The van der Waals surface area contributed by atoms with E-state index in [1.807, 2.05) is 4.90 Å². The van der Waals surface area contributed by atoms with Crippen molar-refractivity contribution in [3.05, 3.63) is 87.6 Å². The lowest BCUT2D eigenvalue weighted by atomic mass is 9.99. The molecule has 0 radical (unpaired) electrons. The van der Waals surface area contributed by atoms with E-state index < -0.39 is 35.5 Å². The molecule has 1 aliphatic rings. The molecule has 3 aromatic heterocycles.